The van der Waals surface area contributed by atoms with Gasteiger partial charge in [0.1, 0.15) is 10.4 Å². The van der Waals surface area contributed by atoms with Crippen molar-refractivity contribution in [2.45, 2.75) is 17.8 Å². The van der Waals surface area contributed by atoms with Crippen molar-refractivity contribution in [2.24, 2.45) is 7.05 Å². The van der Waals surface area contributed by atoms with Crippen molar-refractivity contribution in [3.05, 3.63) is 76.9 Å². The molecule has 0 saturated heterocycles. The van der Waals surface area contributed by atoms with Gasteiger partial charge in [0.15, 0.2) is 5.16 Å². The number of benzene rings is 2. The fraction of sp³-hybridized carbons (Fsp3) is 0.167. The summed E-state index contributed by atoms with van der Waals surface area (Å²) in [6.45, 7) is 2.48. The molecule has 5 aromatic rings. The van der Waals surface area contributed by atoms with Gasteiger partial charge in [0.05, 0.1) is 23.4 Å². The topological polar surface area (TPSA) is 83.0 Å². The minimum absolute atomic E-state index is 0.0634. The zero-order chi connectivity index (χ0) is 22.8. The fourth-order valence-corrected chi connectivity index (χ4v) is 5.28. The van der Waals surface area contributed by atoms with Crippen molar-refractivity contribution >= 4 is 33.3 Å². The predicted octanol–water partition coefficient (Wildman–Crippen LogP) is 5.40. The van der Waals surface area contributed by atoms with Gasteiger partial charge >= 0.3 is 0 Å². The molecule has 5 rings (SSSR count). The van der Waals surface area contributed by atoms with E-state index in [0.29, 0.717) is 45.2 Å². The number of thioether (sulfide) groups is 1. The largest absolute Gasteiger partial charge is 0.493 e. The second kappa shape index (κ2) is 9.21. The van der Waals surface area contributed by atoms with Crippen LogP contribution in [0.5, 0.6) is 5.75 Å². The van der Waals surface area contributed by atoms with Gasteiger partial charge in [-0.1, -0.05) is 59.4 Å². The zero-order valence-corrected chi connectivity index (χ0v) is 19.7. The molecule has 2 aromatic carbocycles. The summed E-state index contributed by atoms with van der Waals surface area (Å²) in [5.41, 5.74) is 2.48. The van der Waals surface area contributed by atoms with E-state index >= 15 is 0 Å². The number of thiophene rings is 1. The maximum atomic E-state index is 12.9. The van der Waals surface area contributed by atoms with Gasteiger partial charge in [-0.15, -0.1) is 11.3 Å². The molecule has 0 saturated carbocycles. The highest BCUT2D eigenvalue weighted by molar-refractivity contribution is 7.98. The van der Waals surface area contributed by atoms with Crippen LogP contribution in [0.3, 0.4) is 0 Å². The third kappa shape index (κ3) is 4.29. The highest BCUT2D eigenvalue weighted by Gasteiger charge is 2.16. The summed E-state index contributed by atoms with van der Waals surface area (Å²) in [4.78, 5) is 23.2. The standard InChI is InChI=1S/C24H20N4O3S2/c1-3-30-18-12-8-7-11-16(18)22-26-20(31-27-22)14-32-24-25-17-13-19(15-9-5-4-6-10-15)33-21(17)23(29)28(24)2/h4-13H,3,14H2,1-2H3. The molecule has 3 aromatic heterocycles. The minimum atomic E-state index is -0.0634. The number of para-hydroxylation sites is 1. The Morgan fingerprint density at radius 1 is 1.09 bits per heavy atom. The molecule has 0 N–H and O–H groups in total. The first-order valence-corrected chi connectivity index (χ1v) is 12.2. The fourth-order valence-electron chi connectivity index (χ4n) is 3.39. The van der Waals surface area contributed by atoms with E-state index in [0.717, 1.165) is 16.0 Å². The highest BCUT2D eigenvalue weighted by atomic mass is 32.2. The van der Waals surface area contributed by atoms with E-state index in [4.69, 9.17) is 14.2 Å². The molecule has 0 spiro atoms. The SMILES string of the molecule is CCOc1ccccc1-c1noc(CSc2nc3cc(-c4ccccc4)sc3c(=O)n2C)n1. The van der Waals surface area contributed by atoms with Crippen molar-refractivity contribution in [1.29, 1.82) is 0 Å². The van der Waals surface area contributed by atoms with E-state index in [1.807, 2.05) is 67.6 Å². The molecule has 0 bridgehead atoms. The van der Waals surface area contributed by atoms with Gasteiger partial charge < -0.3 is 9.26 Å². The van der Waals surface area contributed by atoms with Gasteiger partial charge in [-0.2, -0.15) is 4.98 Å². The maximum absolute atomic E-state index is 12.9. The highest BCUT2D eigenvalue weighted by Crippen LogP contribution is 2.32. The van der Waals surface area contributed by atoms with Crippen molar-refractivity contribution in [1.82, 2.24) is 19.7 Å². The van der Waals surface area contributed by atoms with Crippen LogP contribution in [0.2, 0.25) is 0 Å². The summed E-state index contributed by atoms with van der Waals surface area (Å²) >= 11 is 2.85. The molecule has 0 aliphatic heterocycles. The van der Waals surface area contributed by atoms with Crippen LogP contribution in [0.4, 0.5) is 0 Å². The van der Waals surface area contributed by atoms with Crippen LogP contribution in [0.15, 0.2) is 75.1 Å². The molecule has 3 heterocycles. The number of aromatic nitrogens is 4. The number of hydrogen-bond donors (Lipinski definition) is 0. The van der Waals surface area contributed by atoms with Crippen LogP contribution in [0, 0.1) is 0 Å². The normalized spacial score (nSPS) is 11.2. The molecule has 0 unspecified atom stereocenters. The predicted molar refractivity (Wildman–Crippen MR) is 131 cm³/mol. The van der Waals surface area contributed by atoms with E-state index in [9.17, 15) is 4.79 Å². The van der Waals surface area contributed by atoms with Gasteiger partial charge in [0, 0.05) is 11.9 Å². The lowest BCUT2D eigenvalue weighted by Crippen LogP contribution is -2.18. The van der Waals surface area contributed by atoms with Gasteiger partial charge in [-0.05, 0) is 30.7 Å². The van der Waals surface area contributed by atoms with Crippen LogP contribution in [0.25, 0.3) is 32.0 Å². The number of hydrogen-bond acceptors (Lipinski definition) is 8. The Labute approximate surface area is 198 Å². The van der Waals surface area contributed by atoms with Crippen LogP contribution >= 0.6 is 23.1 Å². The zero-order valence-electron chi connectivity index (χ0n) is 18.0. The molecule has 0 amide bonds. The summed E-state index contributed by atoms with van der Waals surface area (Å²) in [5.74, 6) is 2.02. The second-order valence-electron chi connectivity index (χ2n) is 7.18. The van der Waals surface area contributed by atoms with Gasteiger partial charge in [-0.3, -0.25) is 9.36 Å². The van der Waals surface area contributed by atoms with Crippen molar-refractivity contribution in [2.75, 3.05) is 6.61 Å². The van der Waals surface area contributed by atoms with Crippen LogP contribution < -0.4 is 10.3 Å². The summed E-state index contributed by atoms with van der Waals surface area (Å²) in [5, 5.41) is 4.70. The van der Waals surface area contributed by atoms with E-state index in [-0.39, 0.29) is 5.56 Å². The number of nitrogens with zero attached hydrogens (tertiary/aromatic N) is 4. The van der Waals surface area contributed by atoms with Gasteiger partial charge in [-0.25, -0.2) is 4.98 Å². The number of rotatable bonds is 7. The summed E-state index contributed by atoms with van der Waals surface area (Å²) < 4.78 is 13.3. The molecule has 33 heavy (non-hydrogen) atoms. The van der Waals surface area contributed by atoms with E-state index < -0.39 is 0 Å². The Hall–Kier alpha value is -3.43. The van der Waals surface area contributed by atoms with Crippen molar-refractivity contribution < 1.29 is 9.26 Å². The van der Waals surface area contributed by atoms with Crippen LogP contribution in [0.1, 0.15) is 12.8 Å². The smallest absolute Gasteiger partial charge is 0.271 e. The third-order valence-corrected chi connectivity index (χ3v) is 7.17. The molecule has 0 atom stereocenters. The molecule has 0 aliphatic rings. The molecule has 0 aliphatic carbocycles. The first-order chi connectivity index (χ1) is 16.1. The second-order valence-corrected chi connectivity index (χ2v) is 9.17. The molecule has 0 fully saturated rings. The molecule has 9 heteroatoms. The van der Waals surface area contributed by atoms with E-state index in [1.165, 1.54) is 23.1 Å². The molecule has 166 valence electrons. The number of fused-ring (bicyclic) bond motifs is 1. The maximum Gasteiger partial charge on any atom is 0.271 e. The summed E-state index contributed by atoms with van der Waals surface area (Å²) in [6.07, 6.45) is 0. The van der Waals surface area contributed by atoms with Crippen molar-refractivity contribution in [3.8, 4) is 27.6 Å². The van der Waals surface area contributed by atoms with Gasteiger partial charge in [0.2, 0.25) is 11.7 Å². The first kappa shape index (κ1) is 21.4. The Kier molecular flexibility index (Phi) is 5.97. The Morgan fingerprint density at radius 3 is 2.70 bits per heavy atom. The van der Waals surface area contributed by atoms with E-state index in [1.54, 1.807) is 11.6 Å². The quantitative estimate of drug-likeness (QED) is 0.230. The summed E-state index contributed by atoms with van der Waals surface area (Å²) in [6, 6.07) is 19.6. The van der Waals surface area contributed by atoms with Crippen LogP contribution in [-0.4, -0.2) is 26.3 Å². The lowest BCUT2D eigenvalue weighted by molar-refractivity contribution is 0.341. The average Bonchev–Trinajstić information content (AvgIpc) is 3.49. The lowest BCUT2D eigenvalue weighted by Gasteiger charge is -2.06. The first-order valence-electron chi connectivity index (χ1n) is 10.4. The van der Waals surface area contributed by atoms with E-state index in [2.05, 4.69) is 10.1 Å². The molecule has 7 nitrogen and oxygen atoms in total. The Bertz CT molecular complexity index is 1470. The summed E-state index contributed by atoms with van der Waals surface area (Å²) in [7, 11) is 1.73. The monoisotopic (exact) mass is 476 g/mol. The van der Waals surface area contributed by atoms with Crippen molar-refractivity contribution in [3.63, 3.8) is 0 Å². The molecule has 0 radical (unpaired) electrons. The Morgan fingerprint density at radius 2 is 1.88 bits per heavy atom. The third-order valence-electron chi connectivity index (χ3n) is 4.99. The minimum Gasteiger partial charge on any atom is -0.493 e. The number of ether oxygens (including phenoxy) is 1. The molecular weight excluding hydrogens is 456 g/mol. The van der Waals surface area contributed by atoms with Gasteiger partial charge in [0.25, 0.3) is 5.56 Å². The average molecular weight is 477 g/mol. The molecular formula is C24H20N4O3S2. The lowest BCUT2D eigenvalue weighted by atomic mass is 10.2. The Balaban J connectivity index is 1.39. The van der Waals surface area contributed by atoms with Crippen LogP contribution in [-0.2, 0) is 12.8 Å².